The van der Waals surface area contributed by atoms with Gasteiger partial charge in [-0.3, -0.25) is 9.80 Å². The summed E-state index contributed by atoms with van der Waals surface area (Å²) in [4.78, 5) is 4.80. The third-order valence-electron chi connectivity index (χ3n) is 3.95. The largest absolute Gasteiger partial charge is 0.395 e. The highest BCUT2D eigenvalue weighted by atomic mass is 16.7. The average molecular weight is 272 g/mol. The Morgan fingerprint density at radius 1 is 1.00 bits per heavy atom. The highest BCUT2D eigenvalue weighted by Crippen LogP contribution is 2.13. The third kappa shape index (κ3) is 5.75. The van der Waals surface area contributed by atoms with Gasteiger partial charge in [0, 0.05) is 32.8 Å². The van der Waals surface area contributed by atoms with Crippen LogP contribution in [0.4, 0.5) is 0 Å². The van der Waals surface area contributed by atoms with E-state index < -0.39 is 0 Å². The fourth-order valence-electron chi connectivity index (χ4n) is 2.77. The van der Waals surface area contributed by atoms with Crippen molar-refractivity contribution in [2.24, 2.45) is 0 Å². The monoisotopic (exact) mass is 272 g/mol. The van der Waals surface area contributed by atoms with Crippen molar-refractivity contribution in [3.05, 3.63) is 0 Å². The van der Waals surface area contributed by atoms with Crippen LogP contribution in [0, 0.1) is 0 Å². The van der Waals surface area contributed by atoms with Crippen LogP contribution in [0.1, 0.15) is 25.7 Å². The van der Waals surface area contributed by atoms with Gasteiger partial charge in [-0.25, -0.2) is 0 Å². The van der Waals surface area contributed by atoms with Gasteiger partial charge in [0.15, 0.2) is 6.29 Å². The van der Waals surface area contributed by atoms with Crippen molar-refractivity contribution in [1.29, 1.82) is 0 Å². The van der Waals surface area contributed by atoms with Gasteiger partial charge in [-0.15, -0.1) is 0 Å². The van der Waals surface area contributed by atoms with Crippen LogP contribution in [0.5, 0.6) is 0 Å². The van der Waals surface area contributed by atoms with Crippen LogP contribution in [0.15, 0.2) is 0 Å². The molecule has 2 rings (SSSR count). The Morgan fingerprint density at radius 2 is 1.79 bits per heavy atom. The van der Waals surface area contributed by atoms with E-state index in [0.717, 1.165) is 58.9 Å². The van der Waals surface area contributed by atoms with Gasteiger partial charge in [0.25, 0.3) is 0 Å². The smallest absolute Gasteiger partial charge is 0.157 e. The zero-order valence-corrected chi connectivity index (χ0v) is 11.9. The molecule has 5 heteroatoms. The predicted molar refractivity (Wildman–Crippen MR) is 74.1 cm³/mol. The maximum absolute atomic E-state index is 8.97. The molecule has 112 valence electrons. The van der Waals surface area contributed by atoms with Crippen molar-refractivity contribution in [2.45, 2.75) is 32.0 Å². The molecule has 2 saturated heterocycles. The van der Waals surface area contributed by atoms with Gasteiger partial charge >= 0.3 is 0 Å². The molecule has 1 atom stereocenters. The molecule has 19 heavy (non-hydrogen) atoms. The molecular formula is C14H28N2O3. The summed E-state index contributed by atoms with van der Waals surface area (Å²) in [5, 5.41) is 8.97. The lowest BCUT2D eigenvalue weighted by Crippen LogP contribution is -2.35. The van der Waals surface area contributed by atoms with Gasteiger partial charge < -0.3 is 14.6 Å². The lowest BCUT2D eigenvalue weighted by molar-refractivity contribution is -0.164. The molecule has 1 unspecified atom stereocenters. The summed E-state index contributed by atoms with van der Waals surface area (Å²) in [6.45, 7) is 8.06. The highest BCUT2D eigenvalue weighted by molar-refractivity contribution is 4.69. The summed E-state index contributed by atoms with van der Waals surface area (Å²) >= 11 is 0. The fourth-order valence-corrected chi connectivity index (χ4v) is 2.77. The normalized spacial score (nSPS) is 27.3. The van der Waals surface area contributed by atoms with Crippen LogP contribution >= 0.6 is 0 Å². The minimum atomic E-state index is 0.0339. The first-order chi connectivity index (χ1) is 9.38. The number of hydrogen-bond donors (Lipinski definition) is 1. The molecule has 0 spiro atoms. The van der Waals surface area contributed by atoms with Crippen LogP contribution in [-0.4, -0.2) is 80.3 Å². The predicted octanol–water partition coefficient (Wildman–Crippen LogP) is 0.530. The summed E-state index contributed by atoms with van der Waals surface area (Å²) in [5.41, 5.74) is 0. The van der Waals surface area contributed by atoms with Crippen molar-refractivity contribution < 1.29 is 14.6 Å². The minimum absolute atomic E-state index is 0.0339. The maximum Gasteiger partial charge on any atom is 0.157 e. The number of rotatable bonds is 6. The number of aliphatic hydroxyl groups is 1. The van der Waals surface area contributed by atoms with Crippen LogP contribution in [0.25, 0.3) is 0 Å². The van der Waals surface area contributed by atoms with Gasteiger partial charge in [-0.2, -0.15) is 0 Å². The molecule has 0 aromatic rings. The first-order valence-corrected chi connectivity index (χ1v) is 7.67. The van der Waals surface area contributed by atoms with Gasteiger partial charge in [0.1, 0.15) is 0 Å². The zero-order chi connectivity index (χ0) is 13.3. The van der Waals surface area contributed by atoms with E-state index in [9.17, 15) is 0 Å². The first-order valence-electron chi connectivity index (χ1n) is 7.67. The quantitative estimate of drug-likeness (QED) is 0.764. The van der Waals surface area contributed by atoms with Crippen molar-refractivity contribution in [3.8, 4) is 0 Å². The number of aliphatic hydroxyl groups excluding tert-OH is 1. The Kier molecular flexibility index (Phi) is 7.09. The molecule has 0 radical (unpaired) electrons. The third-order valence-corrected chi connectivity index (χ3v) is 3.95. The van der Waals surface area contributed by atoms with Crippen LogP contribution in [-0.2, 0) is 9.47 Å². The summed E-state index contributed by atoms with van der Waals surface area (Å²) in [6, 6.07) is 0. The summed E-state index contributed by atoms with van der Waals surface area (Å²) in [6.07, 6.45) is 4.66. The standard InChI is InChI=1S/C14H28N2O3/c17-11-9-15-5-3-6-16(8-7-15)10-13-19-14-4-1-2-12-18-14/h14,17H,1-13H2. The molecule has 0 bridgehead atoms. The Balaban J connectivity index is 1.57. The van der Waals surface area contributed by atoms with Crippen LogP contribution < -0.4 is 0 Å². The van der Waals surface area contributed by atoms with E-state index in [2.05, 4.69) is 9.80 Å². The van der Waals surface area contributed by atoms with Crippen LogP contribution in [0.3, 0.4) is 0 Å². The minimum Gasteiger partial charge on any atom is -0.395 e. The molecule has 0 aliphatic carbocycles. The SMILES string of the molecule is OCCN1CCCN(CCOC2CCCCO2)CC1. The number of hydrogen-bond acceptors (Lipinski definition) is 5. The van der Waals surface area contributed by atoms with E-state index in [1.165, 1.54) is 19.3 Å². The highest BCUT2D eigenvalue weighted by Gasteiger charge is 2.16. The molecule has 2 aliphatic rings. The second-order valence-electron chi connectivity index (χ2n) is 5.43. The van der Waals surface area contributed by atoms with Gasteiger partial charge in [0.2, 0.25) is 0 Å². The molecular weight excluding hydrogens is 244 g/mol. The van der Waals surface area contributed by atoms with E-state index in [-0.39, 0.29) is 12.9 Å². The molecule has 2 heterocycles. The lowest BCUT2D eigenvalue weighted by atomic mass is 10.2. The van der Waals surface area contributed by atoms with Crippen molar-refractivity contribution in [1.82, 2.24) is 9.80 Å². The van der Waals surface area contributed by atoms with E-state index >= 15 is 0 Å². The maximum atomic E-state index is 8.97. The second-order valence-corrected chi connectivity index (χ2v) is 5.43. The van der Waals surface area contributed by atoms with Crippen LogP contribution in [0.2, 0.25) is 0 Å². The topological polar surface area (TPSA) is 45.2 Å². The Labute approximate surface area is 116 Å². The molecule has 5 nitrogen and oxygen atoms in total. The molecule has 0 aromatic heterocycles. The summed E-state index contributed by atoms with van der Waals surface area (Å²) in [7, 11) is 0. The van der Waals surface area contributed by atoms with Gasteiger partial charge in [-0.05, 0) is 38.8 Å². The molecule has 0 aromatic carbocycles. The fraction of sp³-hybridized carbons (Fsp3) is 1.00. The molecule has 0 saturated carbocycles. The zero-order valence-electron chi connectivity index (χ0n) is 11.9. The van der Waals surface area contributed by atoms with E-state index in [0.29, 0.717) is 0 Å². The number of β-amino-alcohol motifs (C(OH)–C–C–N with tert-alkyl or cyclic N) is 1. The van der Waals surface area contributed by atoms with Gasteiger partial charge in [-0.1, -0.05) is 0 Å². The van der Waals surface area contributed by atoms with E-state index in [1.807, 2.05) is 0 Å². The Hall–Kier alpha value is -0.200. The first kappa shape index (κ1) is 15.2. The van der Waals surface area contributed by atoms with E-state index in [1.54, 1.807) is 0 Å². The molecule has 0 amide bonds. The Bertz CT molecular complexity index is 235. The van der Waals surface area contributed by atoms with Gasteiger partial charge in [0.05, 0.1) is 13.2 Å². The number of ether oxygens (including phenoxy) is 2. The second kappa shape index (κ2) is 8.87. The van der Waals surface area contributed by atoms with E-state index in [4.69, 9.17) is 14.6 Å². The van der Waals surface area contributed by atoms with Crippen molar-refractivity contribution in [2.75, 3.05) is 59.1 Å². The van der Waals surface area contributed by atoms with Crippen molar-refractivity contribution >= 4 is 0 Å². The lowest BCUT2D eigenvalue weighted by Gasteiger charge is -2.25. The Morgan fingerprint density at radius 3 is 2.47 bits per heavy atom. The molecule has 1 N–H and O–H groups in total. The molecule has 2 fully saturated rings. The van der Waals surface area contributed by atoms with Crippen molar-refractivity contribution in [3.63, 3.8) is 0 Å². The molecule has 2 aliphatic heterocycles. The summed E-state index contributed by atoms with van der Waals surface area (Å²) < 4.78 is 11.3. The summed E-state index contributed by atoms with van der Waals surface area (Å²) in [5.74, 6) is 0. The average Bonchev–Trinajstić information content (AvgIpc) is 2.66. The number of nitrogens with zero attached hydrogens (tertiary/aromatic N) is 2.